The molecule has 3 atom stereocenters. The van der Waals surface area contributed by atoms with E-state index in [4.69, 9.17) is 4.74 Å². The zero-order valence-corrected chi connectivity index (χ0v) is 11.5. The highest BCUT2D eigenvalue weighted by Gasteiger charge is 2.31. The summed E-state index contributed by atoms with van der Waals surface area (Å²) in [6.07, 6.45) is 7.39. The molecule has 2 heteroatoms. The van der Waals surface area contributed by atoms with Crippen molar-refractivity contribution in [3.05, 3.63) is 12.2 Å². The fourth-order valence-corrected chi connectivity index (χ4v) is 3.19. The van der Waals surface area contributed by atoms with Crippen molar-refractivity contribution < 1.29 is 4.74 Å². The summed E-state index contributed by atoms with van der Waals surface area (Å²) in [7, 11) is 0. The highest BCUT2D eigenvalue weighted by Crippen LogP contribution is 2.30. The SMILES string of the molecule is C=C(C)[C@H]1CC[C@H](C)O[C@@H]1CN1CCCCC1. The standard InChI is InChI=1S/C15H27NO/c1-12(2)14-8-7-13(3)17-15(14)11-16-9-5-4-6-10-16/h13-15H,1,4-11H2,2-3H3/t13-,14+,15+/m0/s1. The third-order valence-electron chi connectivity index (χ3n) is 4.26. The molecular formula is C15H27NO. The van der Waals surface area contributed by atoms with Crippen LogP contribution in [-0.2, 0) is 4.74 Å². The summed E-state index contributed by atoms with van der Waals surface area (Å²) in [5.41, 5.74) is 1.30. The maximum absolute atomic E-state index is 6.16. The van der Waals surface area contributed by atoms with Gasteiger partial charge in [-0.25, -0.2) is 0 Å². The minimum Gasteiger partial charge on any atom is -0.373 e. The summed E-state index contributed by atoms with van der Waals surface area (Å²) in [6.45, 7) is 12.1. The Morgan fingerprint density at radius 2 is 1.94 bits per heavy atom. The molecule has 0 saturated carbocycles. The Labute approximate surface area is 106 Å². The Morgan fingerprint density at radius 1 is 1.24 bits per heavy atom. The Bertz CT molecular complexity index is 258. The Balaban J connectivity index is 1.92. The van der Waals surface area contributed by atoms with E-state index in [1.807, 2.05) is 0 Å². The van der Waals surface area contributed by atoms with Crippen LogP contribution in [0.4, 0.5) is 0 Å². The maximum atomic E-state index is 6.16. The Hall–Kier alpha value is -0.340. The van der Waals surface area contributed by atoms with Gasteiger partial charge in [-0.15, -0.1) is 0 Å². The van der Waals surface area contributed by atoms with Crippen molar-refractivity contribution in [3.8, 4) is 0 Å². The highest BCUT2D eigenvalue weighted by atomic mass is 16.5. The monoisotopic (exact) mass is 237 g/mol. The molecule has 0 radical (unpaired) electrons. The molecule has 2 aliphatic heterocycles. The molecule has 2 nitrogen and oxygen atoms in total. The lowest BCUT2D eigenvalue weighted by molar-refractivity contribution is -0.0793. The second kappa shape index (κ2) is 6.01. The van der Waals surface area contributed by atoms with Gasteiger partial charge in [-0.3, -0.25) is 0 Å². The van der Waals surface area contributed by atoms with Crippen LogP contribution in [-0.4, -0.2) is 36.7 Å². The Kier molecular flexibility index (Phi) is 4.63. The normalized spacial score (nSPS) is 35.8. The molecule has 0 amide bonds. The first-order chi connectivity index (χ1) is 8.16. The predicted molar refractivity (Wildman–Crippen MR) is 72.2 cm³/mol. The smallest absolute Gasteiger partial charge is 0.0770 e. The van der Waals surface area contributed by atoms with Gasteiger partial charge in [0.05, 0.1) is 12.2 Å². The summed E-state index contributed by atoms with van der Waals surface area (Å²) in [4.78, 5) is 2.59. The Morgan fingerprint density at radius 3 is 2.59 bits per heavy atom. The zero-order valence-electron chi connectivity index (χ0n) is 11.5. The minimum atomic E-state index is 0.384. The van der Waals surface area contributed by atoms with E-state index in [1.165, 1.54) is 50.8 Å². The van der Waals surface area contributed by atoms with Gasteiger partial charge >= 0.3 is 0 Å². The van der Waals surface area contributed by atoms with E-state index in [9.17, 15) is 0 Å². The van der Waals surface area contributed by atoms with Gasteiger partial charge in [0.25, 0.3) is 0 Å². The van der Waals surface area contributed by atoms with E-state index in [2.05, 4.69) is 25.3 Å². The molecule has 0 aromatic carbocycles. The fraction of sp³-hybridized carbons (Fsp3) is 0.867. The number of piperidine rings is 1. The van der Waals surface area contributed by atoms with Gasteiger partial charge in [-0.1, -0.05) is 18.6 Å². The van der Waals surface area contributed by atoms with E-state index in [0.29, 0.717) is 18.1 Å². The van der Waals surface area contributed by atoms with Crippen molar-refractivity contribution in [1.29, 1.82) is 0 Å². The first-order valence-corrected chi connectivity index (χ1v) is 7.20. The van der Waals surface area contributed by atoms with Crippen molar-refractivity contribution in [3.63, 3.8) is 0 Å². The number of nitrogens with zero attached hydrogens (tertiary/aromatic N) is 1. The molecule has 0 aromatic heterocycles. The van der Waals surface area contributed by atoms with Crippen molar-refractivity contribution in [2.45, 2.75) is 58.2 Å². The average molecular weight is 237 g/mol. The van der Waals surface area contributed by atoms with Crippen LogP contribution in [0.25, 0.3) is 0 Å². The predicted octanol–water partition coefficient (Wildman–Crippen LogP) is 3.23. The summed E-state index contributed by atoms with van der Waals surface area (Å²) >= 11 is 0. The van der Waals surface area contributed by atoms with Crippen LogP contribution in [0.2, 0.25) is 0 Å². The van der Waals surface area contributed by atoms with Gasteiger partial charge < -0.3 is 9.64 Å². The van der Waals surface area contributed by atoms with Crippen LogP contribution in [0.5, 0.6) is 0 Å². The number of hydrogen-bond acceptors (Lipinski definition) is 2. The van der Waals surface area contributed by atoms with Crippen molar-refractivity contribution in [1.82, 2.24) is 4.90 Å². The number of hydrogen-bond donors (Lipinski definition) is 0. The van der Waals surface area contributed by atoms with E-state index in [-0.39, 0.29) is 0 Å². The molecule has 0 spiro atoms. The van der Waals surface area contributed by atoms with Crippen LogP contribution >= 0.6 is 0 Å². The second-order valence-corrected chi connectivity index (χ2v) is 5.88. The largest absolute Gasteiger partial charge is 0.373 e. The molecule has 0 bridgehead atoms. The topological polar surface area (TPSA) is 12.5 Å². The van der Waals surface area contributed by atoms with Gasteiger partial charge in [0, 0.05) is 12.5 Å². The van der Waals surface area contributed by atoms with Gasteiger partial charge in [0.2, 0.25) is 0 Å². The second-order valence-electron chi connectivity index (χ2n) is 5.88. The van der Waals surface area contributed by atoms with Crippen LogP contribution in [0.3, 0.4) is 0 Å². The molecule has 2 heterocycles. The van der Waals surface area contributed by atoms with E-state index in [0.717, 1.165) is 6.54 Å². The van der Waals surface area contributed by atoms with Crippen LogP contribution in [0.15, 0.2) is 12.2 Å². The molecule has 17 heavy (non-hydrogen) atoms. The van der Waals surface area contributed by atoms with Gasteiger partial charge in [0.1, 0.15) is 0 Å². The fourth-order valence-electron chi connectivity index (χ4n) is 3.19. The molecule has 0 aliphatic carbocycles. The van der Waals surface area contributed by atoms with Crippen molar-refractivity contribution >= 4 is 0 Å². The molecule has 0 unspecified atom stereocenters. The van der Waals surface area contributed by atoms with Crippen LogP contribution in [0.1, 0.15) is 46.0 Å². The molecule has 2 fully saturated rings. The van der Waals surface area contributed by atoms with E-state index >= 15 is 0 Å². The van der Waals surface area contributed by atoms with Crippen LogP contribution in [0, 0.1) is 5.92 Å². The third-order valence-corrected chi connectivity index (χ3v) is 4.26. The first kappa shape index (κ1) is 13.1. The van der Waals surface area contributed by atoms with Crippen molar-refractivity contribution in [2.75, 3.05) is 19.6 Å². The van der Waals surface area contributed by atoms with E-state index < -0.39 is 0 Å². The molecule has 2 rings (SSSR count). The van der Waals surface area contributed by atoms with Gasteiger partial charge in [-0.2, -0.15) is 0 Å². The molecule has 0 N–H and O–H groups in total. The molecule has 98 valence electrons. The minimum absolute atomic E-state index is 0.384. The van der Waals surface area contributed by atoms with Gasteiger partial charge in [0.15, 0.2) is 0 Å². The molecule has 0 aromatic rings. The zero-order chi connectivity index (χ0) is 12.3. The molecule has 2 saturated heterocycles. The van der Waals surface area contributed by atoms with Crippen molar-refractivity contribution in [2.24, 2.45) is 5.92 Å². The van der Waals surface area contributed by atoms with Gasteiger partial charge in [-0.05, 0) is 52.6 Å². The third kappa shape index (κ3) is 3.56. The lowest BCUT2D eigenvalue weighted by Crippen LogP contribution is -2.44. The summed E-state index contributed by atoms with van der Waals surface area (Å²) in [5.74, 6) is 0.577. The number of likely N-dealkylation sites (tertiary alicyclic amines) is 1. The molecule has 2 aliphatic rings. The summed E-state index contributed by atoms with van der Waals surface area (Å²) in [5, 5.41) is 0. The number of ether oxygens (including phenoxy) is 1. The summed E-state index contributed by atoms with van der Waals surface area (Å²) in [6, 6.07) is 0. The highest BCUT2D eigenvalue weighted by molar-refractivity contribution is 5.02. The lowest BCUT2D eigenvalue weighted by atomic mass is 9.86. The number of rotatable bonds is 3. The van der Waals surface area contributed by atoms with E-state index in [1.54, 1.807) is 0 Å². The average Bonchev–Trinajstić information content (AvgIpc) is 2.30. The lowest BCUT2D eigenvalue weighted by Gasteiger charge is -2.39. The molecular weight excluding hydrogens is 210 g/mol. The summed E-state index contributed by atoms with van der Waals surface area (Å²) < 4.78 is 6.16. The first-order valence-electron chi connectivity index (χ1n) is 7.20. The van der Waals surface area contributed by atoms with Crippen LogP contribution < -0.4 is 0 Å². The maximum Gasteiger partial charge on any atom is 0.0770 e. The quantitative estimate of drug-likeness (QED) is 0.699.